The zero-order valence-electron chi connectivity index (χ0n) is 12.7. The highest BCUT2D eigenvalue weighted by Gasteiger charge is 2.44. The van der Waals surface area contributed by atoms with Gasteiger partial charge in [-0.2, -0.15) is 13.2 Å². The fourth-order valence-electron chi connectivity index (χ4n) is 3.51. The molecule has 3 nitrogen and oxygen atoms in total. The fraction of sp³-hybridized carbons (Fsp3) is 0.933. The van der Waals surface area contributed by atoms with E-state index in [1.165, 1.54) is 4.90 Å². The van der Waals surface area contributed by atoms with E-state index in [-0.39, 0.29) is 24.7 Å². The molecule has 21 heavy (non-hydrogen) atoms. The molecule has 1 saturated heterocycles. The summed E-state index contributed by atoms with van der Waals surface area (Å²) in [7, 11) is 0. The van der Waals surface area contributed by atoms with E-state index < -0.39 is 12.6 Å². The zero-order valence-corrected chi connectivity index (χ0v) is 12.7. The molecule has 0 aromatic rings. The van der Waals surface area contributed by atoms with E-state index in [9.17, 15) is 18.0 Å². The molecule has 6 heteroatoms. The summed E-state index contributed by atoms with van der Waals surface area (Å²) in [5.41, 5.74) is 0. The molecule has 1 aliphatic carbocycles. The first-order chi connectivity index (χ1) is 9.78. The van der Waals surface area contributed by atoms with Crippen molar-refractivity contribution >= 4 is 5.91 Å². The molecule has 1 amide bonds. The number of carbonyl (C=O) groups is 1. The van der Waals surface area contributed by atoms with E-state index in [0.29, 0.717) is 18.3 Å². The van der Waals surface area contributed by atoms with Crippen LogP contribution in [-0.4, -0.2) is 35.7 Å². The Kier molecular flexibility index (Phi) is 5.17. The van der Waals surface area contributed by atoms with Gasteiger partial charge in [0.05, 0.1) is 18.6 Å². The minimum Gasteiger partial charge on any atom is -0.325 e. The minimum absolute atomic E-state index is 0.148. The topological polar surface area (TPSA) is 32.3 Å². The van der Waals surface area contributed by atoms with Crippen LogP contribution in [0.15, 0.2) is 0 Å². The highest BCUT2D eigenvalue weighted by Crippen LogP contribution is 2.33. The summed E-state index contributed by atoms with van der Waals surface area (Å²) < 4.78 is 37.5. The van der Waals surface area contributed by atoms with Gasteiger partial charge in [-0.15, -0.1) is 0 Å². The lowest BCUT2D eigenvalue weighted by Gasteiger charge is -2.29. The van der Waals surface area contributed by atoms with Gasteiger partial charge in [0.2, 0.25) is 5.91 Å². The molecule has 1 aliphatic heterocycles. The van der Waals surface area contributed by atoms with Crippen LogP contribution in [0, 0.1) is 11.8 Å². The Morgan fingerprint density at radius 1 is 1.29 bits per heavy atom. The van der Waals surface area contributed by atoms with Crippen molar-refractivity contribution in [2.45, 2.75) is 70.8 Å². The minimum atomic E-state index is -4.21. The van der Waals surface area contributed by atoms with Crippen LogP contribution in [0.5, 0.6) is 0 Å². The van der Waals surface area contributed by atoms with Gasteiger partial charge in [-0.25, -0.2) is 0 Å². The molecule has 2 atom stereocenters. The number of amides is 1. The number of carbonyl (C=O) groups excluding carboxylic acids is 1. The molecule has 2 fully saturated rings. The van der Waals surface area contributed by atoms with Gasteiger partial charge in [0.15, 0.2) is 0 Å². The molecule has 1 saturated carbocycles. The molecule has 2 unspecified atom stereocenters. The maximum absolute atomic E-state index is 12.5. The van der Waals surface area contributed by atoms with Crippen molar-refractivity contribution in [3.05, 3.63) is 0 Å². The van der Waals surface area contributed by atoms with Gasteiger partial charge in [0, 0.05) is 6.54 Å². The summed E-state index contributed by atoms with van der Waals surface area (Å²) in [4.78, 5) is 13.9. The zero-order chi connectivity index (χ0) is 15.6. The first kappa shape index (κ1) is 16.6. The lowest BCUT2D eigenvalue weighted by molar-refractivity contribution is -0.145. The molecule has 1 N–H and O–H groups in total. The average Bonchev–Trinajstić information content (AvgIpc) is 2.95. The summed E-state index contributed by atoms with van der Waals surface area (Å²) >= 11 is 0. The third kappa shape index (κ3) is 4.34. The first-order valence-corrected chi connectivity index (χ1v) is 7.91. The van der Waals surface area contributed by atoms with Crippen LogP contribution in [0.4, 0.5) is 13.2 Å². The third-order valence-corrected chi connectivity index (χ3v) is 4.48. The summed E-state index contributed by atoms with van der Waals surface area (Å²) in [6.07, 6.45) is -0.424. The van der Waals surface area contributed by atoms with Crippen molar-refractivity contribution in [1.29, 1.82) is 0 Å². The second kappa shape index (κ2) is 6.55. The van der Waals surface area contributed by atoms with Crippen LogP contribution in [-0.2, 0) is 4.79 Å². The van der Waals surface area contributed by atoms with Crippen molar-refractivity contribution in [2.75, 3.05) is 6.54 Å². The molecule has 0 aromatic heterocycles. The SMILES string of the molecule is CC(C)CC1NC(C2CCCC2)N(CCC(F)(F)F)C1=O. The van der Waals surface area contributed by atoms with E-state index in [0.717, 1.165) is 25.7 Å². The lowest BCUT2D eigenvalue weighted by atomic mass is 10.0. The van der Waals surface area contributed by atoms with Crippen molar-refractivity contribution in [3.8, 4) is 0 Å². The van der Waals surface area contributed by atoms with Gasteiger partial charge in [0.1, 0.15) is 0 Å². The van der Waals surface area contributed by atoms with Gasteiger partial charge in [-0.05, 0) is 31.1 Å². The smallest absolute Gasteiger partial charge is 0.325 e. The number of hydrogen-bond donors (Lipinski definition) is 1. The second-order valence-electron chi connectivity index (χ2n) is 6.73. The molecular formula is C15H25F3N2O. The predicted octanol–water partition coefficient (Wildman–Crippen LogP) is 3.30. The number of hydrogen-bond acceptors (Lipinski definition) is 2. The number of halogens is 3. The Hall–Kier alpha value is -0.780. The monoisotopic (exact) mass is 306 g/mol. The van der Waals surface area contributed by atoms with Gasteiger partial charge in [0.25, 0.3) is 0 Å². The van der Waals surface area contributed by atoms with Crippen molar-refractivity contribution in [2.24, 2.45) is 11.8 Å². The van der Waals surface area contributed by atoms with E-state index in [2.05, 4.69) is 5.32 Å². The van der Waals surface area contributed by atoms with E-state index >= 15 is 0 Å². The summed E-state index contributed by atoms with van der Waals surface area (Å²) in [5.74, 6) is 0.502. The number of nitrogens with one attached hydrogen (secondary N) is 1. The molecular weight excluding hydrogens is 281 g/mol. The Bertz CT molecular complexity index is 364. The normalized spacial score (nSPS) is 28.1. The quantitative estimate of drug-likeness (QED) is 0.845. The number of nitrogens with zero attached hydrogens (tertiary/aromatic N) is 1. The molecule has 0 bridgehead atoms. The fourth-order valence-corrected chi connectivity index (χ4v) is 3.51. The Morgan fingerprint density at radius 3 is 2.43 bits per heavy atom. The summed E-state index contributed by atoms with van der Waals surface area (Å²) in [5, 5.41) is 3.31. The lowest BCUT2D eigenvalue weighted by Crippen LogP contribution is -2.43. The molecule has 0 radical (unpaired) electrons. The Balaban J connectivity index is 2.05. The standard InChI is InChI=1S/C15H25F3N2O/c1-10(2)9-12-14(21)20(8-7-15(16,17)18)13(19-12)11-5-3-4-6-11/h10-13,19H,3-9H2,1-2H3. The summed E-state index contributed by atoms with van der Waals surface area (Å²) in [6.45, 7) is 3.83. The van der Waals surface area contributed by atoms with Crippen LogP contribution < -0.4 is 5.32 Å². The highest BCUT2D eigenvalue weighted by molar-refractivity contribution is 5.84. The number of rotatable bonds is 5. The van der Waals surface area contributed by atoms with Gasteiger partial charge in [-0.1, -0.05) is 26.7 Å². The average molecular weight is 306 g/mol. The van der Waals surface area contributed by atoms with Crippen molar-refractivity contribution in [1.82, 2.24) is 10.2 Å². The van der Waals surface area contributed by atoms with Gasteiger partial charge >= 0.3 is 6.18 Å². The van der Waals surface area contributed by atoms with Crippen LogP contribution in [0.3, 0.4) is 0 Å². The van der Waals surface area contributed by atoms with Crippen LogP contribution >= 0.6 is 0 Å². The highest BCUT2D eigenvalue weighted by atomic mass is 19.4. The maximum Gasteiger partial charge on any atom is 0.390 e. The molecule has 2 aliphatic rings. The molecule has 122 valence electrons. The molecule has 1 heterocycles. The van der Waals surface area contributed by atoms with Crippen LogP contribution in [0.25, 0.3) is 0 Å². The Labute approximate surface area is 124 Å². The molecule has 0 aromatic carbocycles. The van der Waals surface area contributed by atoms with Gasteiger partial charge in [-0.3, -0.25) is 10.1 Å². The van der Waals surface area contributed by atoms with Crippen LogP contribution in [0.1, 0.15) is 52.4 Å². The molecule has 0 spiro atoms. The predicted molar refractivity (Wildman–Crippen MR) is 74.5 cm³/mol. The second-order valence-corrected chi connectivity index (χ2v) is 6.73. The van der Waals surface area contributed by atoms with E-state index in [4.69, 9.17) is 0 Å². The third-order valence-electron chi connectivity index (χ3n) is 4.48. The number of alkyl halides is 3. The Morgan fingerprint density at radius 2 is 1.90 bits per heavy atom. The van der Waals surface area contributed by atoms with E-state index in [1.807, 2.05) is 13.8 Å². The van der Waals surface area contributed by atoms with Crippen LogP contribution in [0.2, 0.25) is 0 Å². The summed E-state index contributed by atoms with van der Waals surface area (Å²) in [6, 6.07) is -0.316. The van der Waals surface area contributed by atoms with Gasteiger partial charge < -0.3 is 4.90 Å². The van der Waals surface area contributed by atoms with Crippen molar-refractivity contribution in [3.63, 3.8) is 0 Å². The van der Waals surface area contributed by atoms with E-state index in [1.54, 1.807) is 0 Å². The first-order valence-electron chi connectivity index (χ1n) is 7.91. The maximum atomic E-state index is 12.5. The molecule has 2 rings (SSSR count). The largest absolute Gasteiger partial charge is 0.390 e. The van der Waals surface area contributed by atoms with Crippen molar-refractivity contribution < 1.29 is 18.0 Å².